The molecule has 126 valence electrons. The first-order chi connectivity index (χ1) is 11.1. The molecule has 0 saturated carbocycles. The molecule has 1 aromatic carbocycles. The van der Waals surface area contributed by atoms with Crippen molar-refractivity contribution in [2.24, 2.45) is 11.7 Å². The Labute approximate surface area is 142 Å². The van der Waals surface area contributed by atoms with Crippen LogP contribution in [0.4, 0.5) is 0 Å². The molecule has 1 heterocycles. The Balaban J connectivity index is 1.76. The zero-order valence-corrected chi connectivity index (χ0v) is 14.4. The molecule has 0 spiro atoms. The predicted molar refractivity (Wildman–Crippen MR) is 93.2 cm³/mol. The molecule has 2 rings (SSSR count). The lowest BCUT2D eigenvalue weighted by molar-refractivity contribution is -0.136. The molecule has 23 heavy (non-hydrogen) atoms. The molecule has 2 N–H and O–H groups in total. The van der Waals surface area contributed by atoms with Crippen LogP contribution in [0.3, 0.4) is 0 Å². The SMILES string of the molecule is CN(CCSc1ccccc1)C(=O)[C@@H]1CCCN(CC(N)=O)C1. The molecule has 5 nitrogen and oxygen atoms in total. The number of nitrogens with zero attached hydrogens (tertiary/aromatic N) is 2. The third-order valence-electron chi connectivity index (χ3n) is 4.05. The number of thioether (sulfide) groups is 1. The summed E-state index contributed by atoms with van der Waals surface area (Å²) in [5.74, 6) is 0.706. The molecule has 0 aromatic heterocycles. The van der Waals surface area contributed by atoms with Crippen molar-refractivity contribution in [3.63, 3.8) is 0 Å². The lowest BCUT2D eigenvalue weighted by atomic mass is 9.96. The Bertz CT molecular complexity index is 524. The number of amides is 2. The third-order valence-corrected chi connectivity index (χ3v) is 5.04. The molecule has 0 bridgehead atoms. The van der Waals surface area contributed by atoms with Gasteiger partial charge in [0.2, 0.25) is 11.8 Å². The van der Waals surface area contributed by atoms with Crippen molar-refractivity contribution in [1.82, 2.24) is 9.80 Å². The first-order valence-electron chi connectivity index (χ1n) is 7.99. The lowest BCUT2D eigenvalue weighted by Gasteiger charge is -2.33. The summed E-state index contributed by atoms with van der Waals surface area (Å²) in [6.07, 6.45) is 1.83. The molecule has 1 atom stereocenters. The van der Waals surface area contributed by atoms with Crippen molar-refractivity contribution in [2.45, 2.75) is 17.7 Å². The van der Waals surface area contributed by atoms with Gasteiger partial charge in [0.05, 0.1) is 12.5 Å². The molecule has 6 heteroatoms. The average Bonchev–Trinajstić information content (AvgIpc) is 2.54. The van der Waals surface area contributed by atoms with Gasteiger partial charge in [-0.05, 0) is 31.5 Å². The molecular weight excluding hydrogens is 310 g/mol. The fraction of sp³-hybridized carbons (Fsp3) is 0.529. The second kappa shape index (κ2) is 8.93. The first kappa shape index (κ1) is 17.8. The zero-order valence-electron chi connectivity index (χ0n) is 13.6. The topological polar surface area (TPSA) is 66.6 Å². The van der Waals surface area contributed by atoms with Crippen LogP contribution in [0.25, 0.3) is 0 Å². The summed E-state index contributed by atoms with van der Waals surface area (Å²) >= 11 is 1.76. The fourth-order valence-corrected chi connectivity index (χ4v) is 3.81. The van der Waals surface area contributed by atoms with Gasteiger partial charge >= 0.3 is 0 Å². The van der Waals surface area contributed by atoms with Crippen LogP contribution in [0.5, 0.6) is 0 Å². The zero-order chi connectivity index (χ0) is 16.7. The van der Waals surface area contributed by atoms with Gasteiger partial charge in [0.15, 0.2) is 0 Å². The molecule has 1 aliphatic rings. The van der Waals surface area contributed by atoms with Crippen molar-refractivity contribution < 1.29 is 9.59 Å². The van der Waals surface area contributed by atoms with Crippen molar-refractivity contribution in [2.75, 3.05) is 39.0 Å². The summed E-state index contributed by atoms with van der Waals surface area (Å²) in [5.41, 5.74) is 5.25. The number of likely N-dealkylation sites (tertiary alicyclic amines) is 1. The molecule has 0 aliphatic carbocycles. The standard InChI is InChI=1S/C17H25N3O2S/c1-19(10-11-23-15-7-3-2-4-8-15)17(22)14-6-5-9-20(12-14)13-16(18)21/h2-4,7-8,14H,5-6,9-13H2,1H3,(H2,18,21)/t14-/m1/s1. The summed E-state index contributed by atoms with van der Waals surface area (Å²) in [6, 6.07) is 10.2. The van der Waals surface area contributed by atoms with Gasteiger partial charge < -0.3 is 10.6 Å². The number of piperidine rings is 1. The minimum Gasteiger partial charge on any atom is -0.369 e. The number of carbonyl (C=O) groups is 2. The predicted octanol–water partition coefficient (Wildman–Crippen LogP) is 1.43. The Kier molecular flexibility index (Phi) is 6.92. The van der Waals surface area contributed by atoms with Gasteiger partial charge in [-0.2, -0.15) is 0 Å². The highest BCUT2D eigenvalue weighted by molar-refractivity contribution is 7.99. The van der Waals surface area contributed by atoms with E-state index >= 15 is 0 Å². The maximum absolute atomic E-state index is 12.5. The molecular formula is C17H25N3O2S. The van der Waals surface area contributed by atoms with E-state index in [0.29, 0.717) is 6.54 Å². The monoisotopic (exact) mass is 335 g/mol. The lowest BCUT2D eigenvalue weighted by Crippen LogP contribution is -2.46. The number of primary amides is 1. The number of nitrogens with two attached hydrogens (primary N) is 1. The van der Waals surface area contributed by atoms with Crippen molar-refractivity contribution in [3.05, 3.63) is 30.3 Å². The number of carbonyl (C=O) groups excluding carboxylic acids is 2. The van der Waals surface area contributed by atoms with Crippen molar-refractivity contribution in [3.8, 4) is 0 Å². The van der Waals surface area contributed by atoms with Gasteiger partial charge in [0, 0.05) is 30.8 Å². The van der Waals surface area contributed by atoms with Crippen LogP contribution < -0.4 is 5.73 Å². The third kappa shape index (κ3) is 5.88. The van der Waals surface area contributed by atoms with Gasteiger partial charge in [0.25, 0.3) is 0 Å². The van der Waals surface area contributed by atoms with Crippen LogP contribution in [-0.4, -0.2) is 60.6 Å². The first-order valence-corrected chi connectivity index (χ1v) is 8.98. The number of benzene rings is 1. The maximum Gasteiger partial charge on any atom is 0.231 e. The molecule has 1 aliphatic heterocycles. The summed E-state index contributed by atoms with van der Waals surface area (Å²) in [5, 5.41) is 0. The van der Waals surface area contributed by atoms with E-state index in [2.05, 4.69) is 12.1 Å². The van der Waals surface area contributed by atoms with Crippen molar-refractivity contribution in [1.29, 1.82) is 0 Å². The molecule has 0 unspecified atom stereocenters. The van der Waals surface area contributed by atoms with Crippen LogP contribution in [0.1, 0.15) is 12.8 Å². The van der Waals surface area contributed by atoms with Crippen LogP contribution in [0.2, 0.25) is 0 Å². The highest BCUT2D eigenvalue weighted by Crippen LogP contribution is 2.20. The number of hydrogen-bond donors (Lipinski definition) is 1. The number of rotatable bonds is 7. The molecule has 0 radical (unpaired) electrons. The quantitative estimate of drug-likeness (QED) is 0.766. The highest BCUT2D eigenvalue weighted by Gasteiger charge is 2.28. The highest BCUT2D eigenvalue weighted by atomic mass is 32.2. The normalized spacial score (nSPS) is 18.6. The molecule has 1 aromatic rings. The summed E-state index contributed by atoms with van der Waals surface area (Å²) in [4.78, 5) is 28.6. The fourth-order valence-electron chi connectivity index (χ4n) is 2.86. The largest absolute Gasteiger partial charge is 0.369 e. The van der Waals surface area contributed by atoms with Gasteiger partial charge in [-0.25, -0.2) is 0 Å². The van der Waals surface area contributed by atoms with E-state index in [4.69, 9.17) is 5.73 Å². The minimum absolute atomic E-state index is 0.0187. The van der Waals surface area contributed by atoms with Crippen LogP contribution in [0, 0.1) is 5.92 Å². The van der Waals surface area contributed by atoms with E-state index in [1.165, 1.54) is 4.90 Å². The second-order valence-electron chi connectivity index (χ2n) is 5.96. The van der Waals surface area contributed by atoms with Crippen molar-refractivity contribution >= 4 is 23.6 Å². The van der Waals surface area contributed by atoms with E-state index in [1.807, 2.05) is 35.0 Å². The van der Waals surface area contributed by atoms with Gasteiger partial charge in [-0.15, -0.1) is 11.8 Å². The van der Waals surface area contributed by atoms with Gasteiger partial charge in [-0.3, -0.25) is 14.5 Å². The number of hydrogen-bond acceptors (Lipinski definition) is 4. The van der Waals surface area contributed by atoms with E-state index < -0.39 is 0 Å². The molecule has 1 fully saturated rings. The summed E-state index contributed by atoms with van der Waals surface area (Å²) < 4.78 is 0. The van der Waals surface area contributed by atoms with Gasteiger partial charge in [-0.1, -0.05) is 18.2 Å². The van der Waals surface area contributed by atoms with E-state index in [0.717, 1.165) is 31.7 Å². The minimum atomic E-state index is -0.328. The Hall–Kier alpha value is -1.53. The summed E-state index contributed by atoms with van der Waals surface area (Å²) in [7, 11) is 1.86. The Morgan fingerprint density at radius 2 is 2.09 bits per heavy atom. The molecule has 2 amide bonds. The van der Waals surface area contributed by atoms with E-state index in [9.17, 15) is 9.59 Å². The van der Waals surface area contributed by atoms with Crippen LogP contribution in [0.15, 0.2) is 35.2 Å². The smallest absolute Gasteiger partial charge is 0.231 e. The van der Waals surface area contributed by atoms with Crippen LogP contribution >= 0.6 is 11.8 Å². The van der Waals surface area contributed by atoms with E-state index in [1.54, 1.807) is 11.8 Å². The Morgan fingerprint density at radius 1 is 1.35 bits per heavy atom. The van der Waals surface area contributed by atoms with Gasteiger partial charge in [0.1, 0.15) is 0 Å². The van der Waals surface area contributed by atoms with Crippen LogP contribution in [-0.2, 0) is 9.59 Å². The molecule has 1 saturated heterocycles. The average molecular weight is 335 g/mol. The van der Waals surface area contributed by atoms with E-state index in [-0.39, 0.29) is 24.3 Å². The summed E-state index contributed by atoms with van der Waals surface area (Å²) in [6.45, 7) is 2.46. The second-order valence-corrected chi connectivity index (χ2v) is 7.13. The Morgan fingerprint density at radius 3 is 2.78 bits per heavy atom. The maximum atomic E-state index is 12.5.